The number of nitrogen functional groups attached to an aromatic ring is 1. The molecule has 2 aromatic heterocycles. The fraction of sp³-hybridized carbons (Fsp3) is 0.0909. The van der Waals surface area contributed by atoms with Crippen molar-refractivity contribution >= 4 is 33.3 Å². The molecule has 2 rings (SSSR count). The number of nitrogens with zero attached hydrogens (tertiary/aromatic N) is 2. The smallest absolute Gasteiger partial charge is 0.128 e. The van der Waals surface area contributed by atoms with Crippen LogP contribution in [0, 0.1) is 0 Å². The predicted molar refractivity (Wildman–Crippen MR) is 74.8 cm³/mol. The maximum Gasteiger partial charge on any atom is 0.128 e. The highest BCUT2D eigenvalue weighted by Gasteiger charge is 2.20. The van der Waals surface area contributed by atoms with Gasteiger partial charge in [-0.2, -0.15) is 0 Å². The van der Waals surface area contributed by atoms with E-state index in [0.717, 1.165) is 10.2 Å². The number of hydrogen-bond acceptors (Lipinski definition) is 5. The Morgan fingerprint density at radius 2 is 2.17 bits per heavy atom. The van der Waals surface area contributed by atoms with Gasteiger partial charge in [-0.3, -0.25) is 10.8 Å². The van der Waals surface area contributed by atoms with Gasteiger partial charge >= 0.3 is 0 Å². The zero-order chi connectivity index (χ0) is 13.1. The van der Waals surface area contributed by atoms with Crippen molar-refractivity contribution in [3.05, 3.63) is 51.3 Å². The zero-order valence-electron chi connectivity index (χ0n) is 9.27. The van der Waals surface area contributed by atoms with E-state index in [1.54, 1.807) is 12.3 Å². The van der Waals surface area contributed by atoms with Gasteiger partial charge in [0.25, 0.3) is 0 Å². The van der Waals surface area contributed by atoms with Crippen LogP contribution in [-0.4, -0.2) is 9.97 Å². The molecule has 5 nitrogen and oxygen atoms in total. The second-order valence-corrected chi connectivity index (χ2v) is 4.89. The molecule has 2 heterocycles. The minimum Gasteiger partial charge on any atom is -0.383 e. The number of hydrazine groups is 1. The van der Waals surface area contributed by atoms with Crippen molar-refractivity contribution in [2.45, 2.75) is 6.04 Å². The molecule has 0 aliphatic heterocycles. The van der Waals surface area contributed by atoms with Gasteiger partial charge in [0.2, 0.25) is 0 Å². The molecule has 1 atom stereocenters. The average molecular weight is 329 g/mol. The van der Waals surface area contributed by atoms with E-state index in [-0.39, 0.29) is 6.04 Å². The molecule has 0 aromatic carbocycles. The number of pyridine rings is 2. The molecule has 0 fully saturated rings. The van der Waals surface area contributed by atoms with Gasteiger partial charge in [-0.15, -0.1) is 0 Å². The Balaban J connectivity index is 2.52. The first kappa shape index (κ1) is 13.2. The van der Waals surface area contributed by atoms with Crippen molar-refractivity contribution in [1.82, 2.24) is 15.4 Å². The minimum absolute atomic E-state index is 0.361. The van der Waals surface area contributed by atoms with Crippen molar-refractivity contribution in [1.29, 1.82) is 0 Å². The van der Waals surface area contributed by atoms with E-state index in [0.29, 0.717) is 16.4 Å². The van der Waals surface area contributed by atoms with Gasteiger partial charge in [0.05, 0.1) is 16.8 Å². The van der Waals surface area contributed by atoms with E-state index in [4.69, 9.17) is 23.2 Å². The molecule has 94 valence electrons. The van der Waals surface area contributed by atoms with Crippen LogP contribution in [0.15, 0.2) is 35.1 Å². The van der Waals surface area contributed by atoms with Gasteiger partial charge in [0, 0.05) is 22.4 Å². The van der Waals surface area contributed by atoms with Crippen LogP contribution < -0.4 is 17.0 Å². The number of nitrogens with two attached hydrogens (primary N) is 2. The molecule has 0 radical (unpaired) electrons. The Kier molecular flexibility index (Phi) is 4.13. The monoisotopic (exact) mass is 327 g/mol. The molecular weight excluding hydrogens is 318 g/mol. The number of anilines is 1. The zero-order valence-corrected chi connectivity index (χ0v) is 11.6. The lowest BCUT2D eigenvalue weighted by Crippen LogP contribution is -2.30. The lowest BCUT2D eigenvalue weighted by molar-refractivity contribution is 0.618. The molecule has 5 N–H and O–H groups in total. The van der Waals surface area contributed by atoms with Crippen molar-refractivity contribution < 1.29 is 0 Å². The molecule has 0 amide bonds. The molecule has 1 unspecified atom stereocenters. The molecule has 7 heteroatoms. The summed E-state index contributed by atoms with van der Waals surface area (Å²) in [6.45, 7) is 0. The number of nitrogens with one attached hydrogen (secondary N) is 1. The Morgan fingerprint density at radius 3 is 2.83 bits per heavy atom. The number of aromatic nitrogens is 2. The van der Waals surface area contributed by atoms with Crippen molar-refractivity contribution in [2.24, 2.45) is 5.84 Å². The Hall–Kier alpha value is -1.21. The third-order valence-electron chi connectivity index (χ3n) is 2.45. The highest BCUT2D eigenvalue weighted by Crippen LogP contribution is 2.29. The van der Waals surface area contributed by atoms with Crippen LogP contribution in [0.4, 0.5) is 5.82 Å². The summed E-state index contributed by atoms with van der Waals surface area (Å²) < 4.78 is 0.826. The fourth-order valence-electron chi connectivity index (χ4n) is 1.62. The Labute approximate surface area is 118 Å². The summed E-state index contributed by atoms with van der Waals surface area (Å²) in [5.41, 5.74) is 9.92. The van der Waals surface area contributed by atoms with E-state index in [1.807, 2.05) is 12.1 Å². The summed E-state index contributed by atoms with van der Waals surface area (Å²) in [7, 11) is 0. The van der Waals surface area contributed by atoms with Crippen molar-refractivity contribution in [3.8, 4) is 0 Å². The van der Waals surface area contributed by atoms with Gasteiger partial charge in [0.15, 0.2) is 0 Å². The quantitative estimate of drug-likeness (QED) is 0.592. The molecule has 0 bridgehead atoms. The van der Waals surface area contributed by atoms with Crippen LogP contribution in [0.3, 0.4) is 0 Å². The Bertz CT molecular complexity index is 563. The molecule has 0 spiro atoms. The topological polar surface area (TPSA) is 89.8 Å². The lowest BCUT2D eigenvalue weighted by Gasteiger charge is -2.18. The van der Waals surface area contributed by atoms with E-state index in [9.17, 15) is 0 Å². The van der Waals surface area contributed by atoms with Gasteiger partial charge in [-0.05, 0) is 34.1 Å². The van der Waals surface area contributed by atoms with Crippen LogP contribution in [0.2, 0.25) is 5.02 Å². The van der Waals surface area contributed by atoms with Crippen molar-refractivity contribution in [3.63, 3.8) is 0 Å². The van der Waals surface area contributed by atoms with E-state index in [1.165, 1.54) is 6.20 Å². The molecule has 18 heavy (non-hydrogen) atoms. The summed E-state index contributed by atoms with van der Waals surface area (Å²) in [5.74, 6) is 5.95. The van der Waals surface area contributed by atoms with Crippen molar-refractivity contribution in [2.75, 3.05) is 5.73 Å². The van der Waals surface area contributed by atoms with E-state index in [2.05, 4.69) is 31.3 Å². The third kappa shape index (κ3) is 2.62. The normalized spacial score (nSPS) is 12.4. The second kappa shape index (κ2) is 5.62. The SMILES string of the molecule is NNC(c1cc(Cl)cnc1N)c1ncccc1Br. The second-order valence-electron chi connectivity index (χ2n) is 3.60. The van der Waals surface area contributed by atoms with Crippen LogP contribution in [0.5, 0.6) is 0 Å². The maximum absolute atomic E-state index is 5.93. The molecule has 0 aliphatic carbocycles. The maximum atomic E-state index is 5.93. The molecule has 0 aliphatic rings. The number of hydrogen-bond donors (Lipinski definition) is 3. The summed E-state index contributed by atoms with van der Waals surface area (Å²) >= 11 is 9.35. The lowest BCUT2D eigenvalue weighted by atomic mass is 10.0. The minimum atomic E-state index is -0.383. The van der Waals surface area contributed by atoms with Gasteiger partial charge in [-0.25, -0.2) is 10.4 Å². The predicted octanol–water partition coefficient (Wildman–Crippen LogP) is 2.03. The molecule has 0 saturated carbocycles. The highest BCUT2D eigenvalue weighted by molar-refractivity contribution is 9.10. The van der Waals surface area contributed by atoms with Gasteiger partial charge < -0.3 is 5.73 Å². The first-order valence-electron chi connectivity index (χ1n) is 5.11. The third-order valence-corrected chi connectivity index (χ3v) is 3.33. The van der Waals surface area contributed by atoms with Crippen LogP contribution >= 0.6 is 27.5 Å². The molecular formula is C11H11BrClN5. The highest BCUT2D eigenvalue weighted by atomic mass is 79.9. The number of rotatable bonds is 3. The van der Waals surface area contributed by atoms with Gasteiger partial charge in [-0.1, -0.05) is 11.6 Å². The van der Waals surface area contributed by atoms with Crippen LogP contribution in [-0.2, 0) is 0 Å². The summed E-state index contributed by atoms with van der Waals surface area (Å²) in [4.78, 5) is 8.29. The summed E-state index contributed by atoms with van der Waals surface area (Å²) in [6.07, 6.45) is 3.17. The van der Waals surface area contributed by atoms with Crippen LogP contribution in [0.25, 0.3) is 0 Å². The van der Waals surface area contributed by atoms with E-state index < -0.39 is 0 Å². The standard InChI is InChI=1S/C11H11BrClN5/c12-8-2-1-3-16-10(8)9(18-15)7-4-6(13)5-17-11(7)14/h1-5,9,18H,15H2,(H2,14,17). The largest absolute Gasteiger partial charge is 0.383 e. The molecule has 2 aromatic rings. The first-order chi connectivity index (χ1) is 8.63. The Morgan fingerprint density at radius 1 is 1.39 bits per heavy atom. The molecule has 0 saturated heterocycles. The van der Waals surface area contributed by atoms with Gasteiger partial charge in [0.1, 0.15) is 5.82 Å². The first-order valence-corrected chi connectivity index (χ1v) is 6.28. The summed E-state index contributed by atoms with van der Waals surface area (Å²) in [6, 6.07) is 5.03. The average Bonchev–Trinajstić information content (AvgIpc) is 2.36. The van der Waals surface area contributed by atoms with Crippen LogP contribution in [0.1, 0.15) is 17.3 Å². The van der Waals surface area contributed by atoms with E-state index >= 15 is 0 Å². The number of halogens is 2. The summed E-state index contributed by atoms with van der Waals surface area (Å²) in [5, 5.41) is 0.492. The fourth-order valence-corrected chi connectivity index (χ4v) is 2.27.